The van der Waals surface area contributed by atoms with E-state index in [0.717, 1.165) is 0 Å². The first-order valence-electron chi connectivity index (χ1n) is 4.72. The smallest absolute Gasteiger partial charge is 0.286 e. The number of likely N-dealkylation sites (N-methyl/N-ethyl adjacent to an activating group) is 1. The largest absolute Gasteiger partial charge is 0.330 e. The van der Waals surface area contributed by atoms with E-state index >= 15 is 0 Å². The first kappa shape index (κ1) is 12.5. The van der Waals surface area contributed by atoms with Gasteiger partial charge in [-0.1, -0.05) is 23.2 Å². The number of hydrogen-bond donors (Lipinski definition) is 0. The van der Waals surface area contributed by atoms with Crippen LogP contribution in [0, 0.1) is 0 Å². The Hall–Kier alpha value is -0.970. The summed E-state index contributed by atoms with van der Waals surface area (Å²) in [7, 11) is 1.61. The van der Waals surface area contributed by atoms with Crippen molar-refractivity contribution in [2.45, 2.75) is 0 Å². The SMILES string of the molecule is CN1C(=O)N(c2ccc(Cl)c(Cl)c2)CC1=NCl. The molecule has 0 saturated carbocycles. The lowest BCUT2D eigenvalue weighted by Crippen LogP contribution is -2.29. The first-order valence-corrected chi connectivity index (χ1v) is 5.82. The van der Waals surface area contributed by atoms with Crippen LogP contribution in [0.5, 0.6) is 0 Å². The van der Waals surface area contributed by atoms with Gasteiger partial charge in [0.1, 0.15) is 5.84 Å². The topological polar surface area (TPSA) is 35.9 Å². The molecule has 0 spiro atoms. The molecule has 0 aromatic heterocycles. The molecule has 1 aromatic carbocycles. The maximum atomic E-state index is 11.9. The summed E-state index contributed by atoms with van der Waals surface area (Å²) in [6, 6.07) is 4.79. The zero-order valence-electron chi connectivity index (χ0n) is 8.82. The Labute approximate surface area is 113 Å². The Morgan fingerprint density at radius 2 is 2.00 bits per heavy atom. The summed E-state index contributed by atoms with van der Waals surface area (Å²) in [6.45, 7) is 0.316. The van der Waals surface area contributed by atoms with Crippen LogP contribution in [0.4, 0.5) is 10.5 Å². The maximum absolute atomic E-state index is 11.9. The Kier molecular flexibility index (Phi) is 3.47. The summed E-state index contributed by atoms with van der Waals surface area (Å²) in [5.41, 5.74) is 0.659. The normalized spacial score (nSPS) is 18.4. The van der Waals surface area contributed by atoms with Crippen molar-refractivity contribution in [3.63, 3.8) is 0 Å². The number of halogens is 3. The molecule has 90 valence electrons. The standard InChI is InChI=1S/C10H8Cl3N3O/c1-15-9(14-13)5-16(10(15)17)6-2-3-7(11)8(12)4-6/h2-4H,5H2,1H3. The third-order valence-electron chi connectivity index (χ3n) is 2.52. The van der Waals surface area contributed by atoms with Gasteiger partial charge in [0.15, 0.2) is 0 Å². The molecule has 1 aliphatic heterocycles. The molecule has 1 fully saturated rings. The summed E-state index contributed by atoms with van der Waals surface area (Å²) < 4.78 is 3.53. The highest BCUT2D eigenvalue weighted by molar-refractivity contribution is 6.42. The highest BCUT2D eigenvalue weighted by atomic mass is 35.5. The lowest BCUT2D eigenvalue weighted by molar-refractivity contribution is 0.237. The van der Waals surface area contributed by atoms with Gasteiger partial charge in [0.25, 0.3) is 0 Å². The highest BCUT2D eigenvalue weighted by Crippen LogP contribution is 2.29. The summed E-state index contributed by atoms with van der Waals surface area (Å²) >= 11 is 17.1. The van der Waals surface area contributed by atoms with Gasteiger partial charge in [-0.25, -0.2) is 4.79 Å². The van der Waals surface area contributed by atoms with E-state index in [-0.39, 0.29) is 6.03 Å². The van der Waals surface area contributed by atoms with Crippen molar-refractivity contribution in [1.29, 1.82) is 0 Å². The molecular formula is C10H8Cl3N3O. The van der Waals surface area contributed by atoms with Crippen LogP contribution in [0.1, 0.15) is 0 Å². The lowest BCUT2D eigenvalue weighted by atomic mass is 10.3. The molecule has 1 aliphatic rings. The predicted octanol–water partition coefficient (Wildman–Crippen LogP) is 3.42. The van der Waals surface area contributed by atoms with Crippen molar-refractivity contribution in [2.75, 3.05) is 18.5 Å². The second-order valence-corrected chi connectivity index (χ2v) is 4.51. The Balaban J connectivity index is 2.35. The quantitative estimate of drug-likeness (QED) is 0.781. The number of hydrogen-bond acceptors (Lipinski definition) is 2. The highest BCUT2D eigenvalue weighted by Gasteiger charge is 2.32. The van der Waals surface area contributed by atoms with Crippen LogP contribution in [0.3, 0.4) is 0 Å². The van der Waals surface area contributed by atoms with Gasteiger partial charge < -0.3 is 0 Å². The van der Waals surface area contributed by atoms with Crippen molar-refractivity contribution in [1.82, 2.24) is 4.90 Å². The third kappa shape index (κ3) is 2.20. The molecule has 0 aliphatic carbocycles. The molecule has 1 heterocycles. The molecule has 0 N–H and O–H groups in total. The molecule has 7 heteroatoms. The maximum Gasteiger partial charge on any atom is 0.330 e. The van der Waals surface area contributed by atoms with Gasteiger partial charge in [0.05, 0.1) is 16.6 Å². The van der Waals surface area contributed by atoms with Crippen molar-refractivity contribution >= 4 is 52.5 Å². The number of rotatable bonds is 1. The molecule has 2 rings (SSSR count). The van der Waals surface area contributed by atoms with Gasteiger partial charge >= 0.3 is 6.03 Å². The summed E-state index contributed by atoms with van der Waals surface area (Å²) in [6.07, 6.45) is 0. The van der Waals surface area contributed by atoms with Crippen LogP contribution in [-0.4, -0.2) is 30.4 Å². The molecule has 0 bridgehead atoms. The fraction of sp³-hybridized carbons (Fsp3) is 0.200. The number of carbonyl (C=O) groups excluding carboxylic acids is 1. The fourth-order valence-corrected chi connectivity index (χ4v) is 2.00. The molecule has 1 aromatic rings. The molecule has 0 unspecified atom stereocenters. The van der Waals surface area contributed by atoms with Crippen LogP contribution in [-0.2, 0) is 0 Å². The Bertz CT molecular complexity index is 504. The fourth-order valence-electron chi connectivity index (χ4n) is 1.54. The van der Waals surface area contributed by atoms with E-state index in [0.29, 0.717) is 28.1 Å². The lowest BCUT2D eigenvalue weighted by Gasteiger charge is -2.15. The van der Waals surface area contributed by atoms with Gasteiger partial charge in [-0.2, -0.15) is 4.51 Å². The minimum Gasteiger partial charge on any atom is -0.286 e. The van der Waals surface area contributed by atoms with E-state index < -0.39 is 0 Å². The van der Waals surface area contributed by atoms with E-state index in [1.165, 1.54) is 9.80 Å². The predicted molar refractivity (Wildman–Crippen MR) is 70.3 cm³/mol. The first-order chi connectivity index (χ1) is 8.04. The molecule has 1 saturated heterocycles. The van der Waals surface area contributed by atoms with Crippen LogP contribution in [0.25, 0.3) is 0 Å². The van der Waals surface area contributed by atoms with Gasteiger partial charge in [-0.05, 0) is 18.2 Å². The van der Waals surface area contributed by atoms with Crippen LogP contribution >= 0.6 is 35.0 Å². The van der Waals surface area contributed by atoms with Crippen LogP contribution in [0.2, 0.25) is 10.0 Å². The van der Waals surface area contributed by atoms with E-state index in [1.54, 1.807) is 25.2 Å². The van der Waals surface area contributed by atoms with E-state index in [9.17, 15) is 4.79 Å². The molecular weight excluding hydrogens is 284 g/mol. The minimum absolute atomic E-state index is 0.206. The number of benzene rings is 1. The monoisotopic (exact) mass is 291 g/mol. The zero-order chi connectivity index (χ0) is 12.6. The van der Waals surface area contributed by atoms with Crippen molar-refractivity contribution in [3.05, 3.63) is 28.2 Å². The molecule has 0 atom stereocenters. The number of carbonyl (C=O) groups is 1. The molecule has 4 nitrogen and oxygen atoms in total. The number of anilines is 1. The second kappa shape index (κ2) is 4.72. The molecule has 2 amide bonds. The number of amides is 2. The third-order valence-corrected chi connectivity index (χ3v) is 3.45. The average molecular weight is 293 g/mol. The van der Waals surface area contributed by atoms with Crippen LogP contribution < -0.4 is 4.90 Å². The number of nitrogens with zero attached hydrogens (tertiary/aromatic N) is 3. The van der Waals surface area contributed by atoms with Crippen molar-refractivity contribution < 1.29 is 4.79 Å². The molecule has 17 heavy (non-hydrogen) atoms. The van der Waals surface area contributed by atoms with Crippen molar-refractivity contribution in [3.8, 4) is 0 Å². The average Bonchev–Trinajstić information content (AvgIpc) is 2.60. The van der Waals surface area contributed by atoms with Gasteiger partial charge in [-0.15, -0.1) is 0 Å². The van der Waals surface area contributed by atoms with Gasteiger partial charge in [-0.3, -0.25) is 9.80 Å². The number of amidine groups is 1. The van der Waals surface area contributed by atoms with Crippen LogP contribution in [0.15, 0.2) is 22.7 Å². The zero-order valence-corrected chi connectivity index (χ0v) is 11.1. The van der Waals surface area contributed by atoms with E-state index in [1.807, 2.05) is 0 Å². The minimum atomic E-state index is -0.206. The number of urea groups is 1. The summed E-state index contributed by atoms with van der Waals surface area (Å²) in [5.74, 6) is 0.489. The van der Waals surface area contributed by atoms with Gasteiger partial charge in [0.2, 0.25) is 0 Å². The van der Waals surface area contributed by atoms with Gasteiger partial charge in [0, 0.05) is 24.5 Å². The van der Waals surface area contributed by atoms with E-state index in [2.05, 4.69) is 4.51 Å². The summed E-state index contributed by atoms with van der Waals surface area (Å²) in [4.78, 5) is 14.8. The summed E-state index contributed by atoms with van der Waals surface area (Å²) in [5, 5.41) is 0.845. The second-order valence-electron chi connectivity index (χ2n) is 3.53. The Morgan fingerprint density at radius 1 is 1.29 bits per heavy atom. The van der Waals surface area contributed by atoms with Crippen molar-refractivity contribution in [2.24, 2.45) is 4.51 Å². The Morgan fingerprint density at radius 3 is 2.53 bits per heavy atom. The molecule has 0 radical (unpaired) electrons. The van der Waals surface area contributed by atoms with E-state index in [4.69, 9.17) is 35.0 Å².